The third-order valence-electron chi connectivity index (χ3n) is 2.25. The van der Waals surface area contributed by atoms with Crippen LogP contribution in [-0.4, -0.2) is 12.1 Å². The highest BCUT2D eigenvalue weighted by atomic mass is 16.1. The number of aldehydes is 1. The smallest absolute Gasteiger partial charge is 0.137 e. The van der Waals surface area contributed by atoms with Gasteiger partial charge in [-0.3, -0.25) is 4.79 Å². The van der Waals surface area contributed by atoms with Crippen LogP contribution in [-0.2, 0) is 9.59 Å². The fourth-order valence-corrected chi connectivity index (χ4v) is 1.58. The minimum atomic E-state index is -0.0648. The molecule has 1 rings (SSSR count). The zero-order valence-electron chi connectivity index (χ0n) is 6.45. The van der Waals surface area contributed by atoms with Gasteiger partial charge < -0.3 is 4.79 Å². The molecule has 1 aliphatic carbocycles. The Morgan fingerprint density at radius 2 is 2.36 bits per heavy atom. The number of ketones is 1. The largest absolute Gasteiger partial charge is 0.303 e. The van der Waals surface area contributed by atoms with Crippen molar-refractivity contribution < 1.29 is 9.59 Å². The lowest BCUT2D eigenvalue weighted by Crippen LogP contribution is -2.14. The molecular formula is C9H12O2. The molecule has 60 valence electrons. The predicted octanol–water partition coefficient (Wildman–Crippen LogP) is 1.36. The van der Waals surface area contributed by atoms with Gasteiger partial charge in [0.1, 0.15) is 12.1 Å². The molecular weight excluding hydrogens is 140 g/mol. The summed E-state index contributed by atoms with van der Waals surface area (Å²) in [6, 6.07) is 0. The molecule has 11 heavy (non-hydrogen) atoms. The molecule has 1 aliphatic rings. The van der Waals surface area contributed by atoms with Gasteiger partial charge in [-0.25, -0.2) is 0 Å². The van der Waals surface area contributed by atoms with E-state index in [9.17, 15) is 9.59 Å². The van der Waals surface area contributed by atoms with Crippen LogP contribution in [0.5, 0.6) is 0 Å². The van der Waals surface area contributed by atoms with Crippen LogP contribution in [0.3, 0.4) is 0 Å². The van der Waals surface area contributed by atoms with Gasteiger partial charge in [0, 0.05) is 18.3 Å². The van der Waals surface area contributed by atoms with Gasteiger partial charge in [0.15, 0.2) is 0 Å². The molecule has 0 amide bonds. The van der Waals surface area contributed by atoms with E-state index in [4.69, 9.17) is 0 Å². The van der Waals surface area contributed by atoms with E-state index in [1.54, 1.807) is 6.08 Å². The van der Waals surface area contributed by atoms with E-state index in [0.717, 1.165) is 12.7 Å². The lowest BCUT2D eigenvalue weighted by atomic mass is 9.94. The minimum absolute atomic E-state index is 0.0412. The first-order valence-corrected chi connectivity index (χ1v) is 3.88. The first-order chi connectivity index (χ1) is 5.29. The zero-order valence-corrected chi connectivity index (χ0v) is 6.45. The Labute approximate surface area is 66.3 Å². The van der Waals surface area contributed by atoms with Gasteiger partial charge >= 0.3 is 0 Å². The van der Waals surface area contributed by atoms with Crippen molar-refractivity contribution >= 4 is 12.1 Å². The molecule has 0 radical (unpaired) electrons. The van der Waals surface area contributed by atoms with Gasteiger partial charge in [-0.2, -0.15) is 0 Å². The van der Waals surface area contributed by atoms with Gasteiger partial charge in [0.25, 0.3) is 0 Å². The van der Waals surface area contributed by atoms with Gasteiger partial charge in [-0.15, -0.1) is 6.58 Å². The lowest BCUT2D eigenvalue weighted by Gasteiger charge is -2.08. The molecule has 0 bridgehead atoms. The Morgan fingerprint density at radius 1 is 1.64 bits per heavy atom. The molecule has 0 heterocycles. The molecule has 2 heteroatoms. The van der Waals surface area contributed by atoms with E-state index in [-0.39, 0.29) is 17.6 Å². The van der Waals surface area contributed by atoms with Crippen LogP contribution in [0.2, 0.25) is 0 Å². The predicted molar refractivity (Wildman–Crippen MR) is 42.1 cm³/mol. The van der Waals surface area contributed by atoms with Crippen LogP contribution >= 0.6 is 0 Å². The van der Waals surface area contributed by atoms with Crippen molar-refractivity contribution in [3.8, 4) is 0 Å². The highest BCUT2D eigenvalue weighted by molar-refractivity contribution is 5.87. The van der Waals surface area contributed by atoms with Crippen LogP contribution < -0.4 is 0 Å². The second kappa shape index (κ2) is 3.46. The number of carbonyl (C=O) groups is 2. The van der Waals surface area contributed by atoms with Gasteiger partial charge in [0.2, 0.25) is 0 Å². The third kappa shape index (κ3) is 1.56. The van der Waals surface area contributed by atoms with Crippen molar-refractivity contribution in [3.05, 3.63) is 12.7 Å². The molecule has 1 fully saturated rings. The topological polar surface area (TPSA) is 34.1 Å². The first kappa shape index (κ1) is 8.18. The molecule has 2 atom stereocenters. The average molecular weight is 152 g/mol. The van der Waals surface area contributed by atoms with Crippen molar-refractivity contribution in [2.45, 2.75) is 19.3 Å². The SMILES string of the molecule is C=CCC1C(=O)CCC1C=O. The highest BCUT2D eigenvalue weighted by Gasteiger charge is 2.32. The molecule has 2 unspecified atom stereocenters. The molecule has 0 N–H and O–H groups in total. The quantitative estimate of drug-likeness (QED) is 0.452. The highest BCUT2D eigenvalue weighted by Crippen LogP contribution is 2.29. The number of allylic oxidation sites excluding steroid dienone is 1. The summed E-state index contributed by atoms with van der Waals surface area (Å²) in [6.07, 6.45) is 4.58. The number of carbonyl (C=O) groups excluding carboxylic acids is 2. The maximum absolute atomic E-state index is 11.1. The Hall–Kier alpha value is -0.920. The second-order valence-electron chi connectivity index (χ2n) is 2.94. The summed E-state index contributed by atoms with van der Waals surface area (Å²) in [4.78, 5) is 21.6. The number of rotatable bonds is 3. The maximum atomic E-state index is 11.1. The second-order valence-corrected chi connectivity index (χ2v) is 2.94. The van der Waals surface area contributed by atoms with E-state index in [1.165, 1.54) is 0 Å². The molecule has 0 aromatic heterocycles. The normalized spacial score (nSPS) is 30.4. The molecule has 1 saturated carbocycles. The summed E-state index contributed by atoms with van der Waals surface area (Å²) in [6.45, 7) is 3.56. The molecule has 0 aliphatic heterocycles. The summed E-state index contributed by atoms with van der Waals surface area (Å²) in [7, 11) is 0. The minimum Gasteiger partial charge on any atom is -0.303 e. The van der Waals surface area contributed by atoms with Gasteiger partial charge in [0.05, 0.1) is 0 Å². The lowest BCUT2D eigenvalue weighted by molar-refractivity contribution is -0.123. The maximum Gasteiger partial charge on any atom is 0.137 e. The Morgan fingerprint density at radius 3 is 2.91 bits per heavy atom. The van der Waals surface area contributed by atoms with Crippen molar-refractivity contribution in [1.82, 2.24) is 0 Å². The molecule has 0 saturated heterocycles. The Kier molecular flexibility index (Phi) is 2.58. The molecule has 0 spiro atoms. The monoisotopic (exact) mass is 152 g/mol. The fraction of sp³-hybridized carbons (Fsp3) is 0.556. The van der Waals surface area contributed by atoms with Gasteiger partial charge in [-0.1, -0.05) is 6.08 Å². The summed E-state index contributed by atoms with van der Waals surface area (Å²) in [5.74, 6) is 0.118. The van der Waals surface area contributed by atoms with Crippen LogP contribution in [0, 0.1) is 11.8 Å². The van der Waals surface area contributed by atoms with Gasteiger partial charge in [-0.05, 0) is 12.8 Å². The third-order valence-corrected chi connectivity index (χ3v) is 2.25. The fourth-order valence-electron chi connectivity index (χ4n) is 1.58. The van der Waals surface area contributed by atoms with Crippen molar-refractivity contribution in [3.63, 3.8) is 0 Å². The molecule has 0 aromatic rings. The zero-order chi connectivity index (χ0) is 8.27. The number of hydrogen-bond donors (Lipinski definition) is 0. The summed E-state index contributed by atoms with van der Waals surface area (Å²) in [5, 5.41) is 0. The van der Waals surface area contributed by atoms with Crippen molar-refractivity contribution in [1.29, 1.82) is 0 Å². The van der Waals surface area contributed by atoms with Crippen molar-refractivity contribution in [2.24, 2.45) is 11.8 Å². The van der Waals surface area contributed by atoms with Crippen LogP contribution in [0.4, 0.5) is 0 Å². The van der Waals surface area contributed by atoms with Crippen LogP contribution in [0.1, 0.15) is 19.3 Å². The van der Waals surface area contributed by atoms with E-state index in [1.807, 2.05) is 0 Å². The Bertz CT molecular complexity index is 184. The molecule has 2 nitrogen and oxygen atoms in total. The molecule has 0 aromatic carbocycles. The van der Waals surface area contributed by atoms with Crippen LogP contribution in [0.25, 0.3) is 0 Å². The Balaban J connectivity index is 2.62. The summed E-state index contributed by atoms with van der Waals surface area (Å²) >= 11 is 0. The summed E-state index contributed by atoms with van der Waals surface area (Å²) in [5.41, 5.74) is 0. The average Bonchev–Trinajstić information content (AvgIpc) is 2.34. The summed E-state index contributed by atoms with van der Waals surface area (Å²) < 4.78 is 0. The standard InChI is InChI=1S/C9H12O2/c1-2-3-8-7(6-10)4-5-9(8)11/h2,6-8H,1,3-5H2. The van der Waals surface area contributed by atoms with E-state index in [0.29, 0.717) is 12.8 Å². The van der Waals surface area contributed by atoms with E-state index < -0.39 is 0 Å². The van der Waals surface area contributed by atoms with E-state index >= 15 is 0 Å². The number of Topliss-reactive ketones (excluding diaryl/α,β-unsaturated/α-hetero) is 1. The van der Waals surface area contributed by atoms with E-state index in [2.05, 4.69) is 6.58 Å². The van der Waals surface area contributed by atoms with Crippen molar-refractivity contribution in [2.75, 3.05) is 0 Å². The number of hydrogen-bond acceptors (Lipinski definition) is 2. The van der Waals surface area contributed by atoms with Crippen LogP contribution in [0.15, 0.2) is 12.7 Å². The first-order valence-electron chi connectivity index (χ1n) is 3.88.